The normalized spacial score (nSPS) is 30.0. The van der Waals surface area contributed by atoms with Gasteiger partial charge in [-0.3, -0.25) is 4.90 Å². The Balaban J connectivity index is 2.07. The molecule has 0 bridgehead atoms. The first-order chi connectivity index (χ1) is 7.00. The Morgan fingerprint density at radius 2 is 2.13 bits per heavy atom. The molecule has 1 amide bonds. The van der Waals surface area contributed by atoms with E-state index in [-0.39, 0.29) is 6.04 Å². The number of carboxylic acid groups (broad SMARTS) is 1. The number of nitrogens with zero attached hydrogens (tertiary/aromatic N) is 1. The van der Waals surface area contributed by atoms with Crippen molar-refractivity contribution >= 4 is 6.09 Å². The molecule has 1 aliphatic carbocycles. The van der Waals surface area contributed by atoms with Crippen molar-refractivity contribution in [3.63, 3.8) is 0 Å². The van der Waals surface area contributed by atoms with Gasteiger partial charge in [-0.25, -0.2) is 4.79 Å². The summed E-state index contributed by atoms with van der Waals surface area (Å²) in [6, 6.07) is -0.127. The molecule has 1 atom stereocenters. The van der Waals surface area contributed by atoms with Gasteiger partial charge in [-0.2, -0.15) is 0 Å². The maximum absolute atomic E-state index is 11.1. The van der Waals surface area contributed by atoms with Crippen LogP contribution in [0.1, 0.15) is 26.7 Å². The highest BCUT2D eigenvalue weighted by Gasteiger charge is 2.42. The summed E-state index contributed by atoms with van der Waals surface area (Å²) in [6.45, 7) is 4.03. The van der Waals surface area contributed by atoms with Crippen LogP contribution in [0.2, 0.25) is 0 Å². The van der Waals surface area contributed by atoms with Crippen LogP contribution >= 0.6 is 0 Å². The number of amides is 1. The minimum absolute atomic E-state index is 0.127. The predicted molar refractivity (Wildman–Crippen MR) is 55.5 cm³/mol. The maximum atomic E-state index is 11.1. The second kappa shape index (κ2) is 3.52. The Labute approximate surface area is 89.5 Å². The molecule has 0 spiro atoms. The van der Waals surface area contributed by atoms with E-state index >= 15 is 0 Å². The van der Waals surface area contributed by atoms with Crippen LogP contribution in [-0.4, -0.2) is 34.5 Å². The highest BCUT2D eigenvalue weighted by atomic mass is 16.5. The van der Waals surface area contributed by atoms with Crippen molar-refractivity contribution in [3.05, 3.63) is 12.2 Å². The summed E-state index contributed by atoms with van der Waals surface area (Å²) < 4.78 is 5.47. The van der Waals surface area contributed by atoms with E-state index in [2.05, 4.69) is 6.08 Å². The molecule has 2 rings (SSSR count). The summed E-state index contributed by atoms with van der Waals surface area (Å²) in [6.07, 6.45) is 5.65. The molecule has 0 aromatic carbocycles. The van der Waals surface area contributed by atoms with Crippen LogP contribution in [0.4, 0.5) is 4.79 Å². The van der Waals surface area contributed by atoms with Gasteiger partial charge in [0.05, 0.1) is 12.6 Å². The molecule has 1 aliphatic heterocycles. The van der Waals surface area contributed by atoms with E-state index in [0.717, 1.165) is 0 Å². The Morgan fingerprint density at radius 3 is 2.67 bits per heavy atom. The molecule has 1 saturated heterocycles. The van der Waals surface area contributed by atoms with Gasteiger partial charge in [-0.05, 0) is 32.6 Å². The van der Waals surface area contributed by atoms with Crippen molar-refractivity contribution in [3.8, 4) is 0 Å². The first kappa shape index (κ1) is 10.5. The number of rotatable bonds is 2. The zero-order valence-electron chi connectivity index (χ0n) is 9.14. The smallest absolute Gasteiger partial charge is 0.410 e. The minimum Gasteiger partial charge on any atom is -0.465 e. The van der Waals surface area contributed by atoms with Crippen LogP contribution < -0.4 is 0 Å². The first-order valence-corrected chi connectivity index (χ1v) is 5.35. The number of allylic oxidation sites excluding steroid dienone is 1. The van der Waals surface area contributed by atoms with E-state index in [4.69, 9.17) is 9.84 Å². The van der Waals surface area contributed by atoms with Gasteiger partial charge in [-0.15, -0.1) is 0 Å². The van der Waals surface area contributed by atoms with Crippen molar-refractivity contribution < 1.29 is 14.6 Å². The fraction of sp³-hybridized carbons (Fsp3) is 0.727. The molecule has 0 unspecified atom stereocenters. The molecule has 4 heteroatoms. The quantitative estimate of drug-likeness (QED) is 0.711. The standard InChI is InChI=1S/C11H17NO3/c1-11(2)12(10(13)14)9(7-15-11)6-5-8-3-4-8/h5-6,8-9H,3-4,7H2,1-2H3,(H,13,14)/b6-5+/t9-/m0/s1. The third-order valence-corrected chi connectivity index (χ3v) is 2.95. The molecule has 1 saturated carbocycles. The first-order valence-electron chi connectivity index (χ1n) is 5.35. The molecule has 0 radical (unpaired) electrons. The van der Waals surface area contributed by atoms with Gasteiger partial charge in [0.2, 0.25) is 0 Å². The van der Waals surface area contributed by atoms with E-state index in [1.54, 1.807) is 13.8 Å². The number of hydrogen-bond donors (Lipinski definition) is 1. The highest BCUT2D eigenvalue weighted by Crippen LogP contribution is 2.32. The fourth-order valence-electron chi connectivity index (χ4n) is 1.92. The molecule has 84 valence electrons. The van der Waals surface area contributed by atoms with E-state index in [1.807, 2.05) is 6.08 Å². The minimum atomic E-state index is -0.914. The maximum Gasteiger partial charge on any atom is 0.410 e. The van der Waals surface area contributed by atoms with Gasteiger partial charge in [0.25, 0.3) is 0 Å². The molecule has 1 N–H and O–H groups in total. The Hall–Kier alpha value is -1.03. The van der Waals surface area contributed by atoms with Gasteiger partial charge in [-0.1, -0.05) is 12.2 Å². The second-order valence-electron chi connectivity index (χ2n) is 4.70. The lowest BCUT2D eigenvalue weighted by Gasteiger charge is -2.29. The van der Waals surface area contributed by atoms with Crippen molar-refractivity contribution in [1.82, 2.24) is 4.90 Å². The topological polar surface area (TPSA) is 49.8 Å². The number of carbonyl (C=O) groups is 1. The third kappa shape index (κ3) is 2.15. The van der Waals surface area contributed by atoms with Gasteiger partial charge in [0.15, 0.2) is 0 Å². The summed E-state index contributed by atoms with van der Waals surface area (Å²) in [4.78, 5) is 12.5. The van der Waals surface area contributed by atoms with Crippen molar-refractivity contribution in [1.29, 1.82) is 0 Å². The molecule has 15 heavy (non-hydrogen) atoms. The summed E-state index contributed by atoms with van der Waals surface area (Å²) in [5, 5.41) is 9.11. The molecule has 2 fully saturated rings. The van der Waals surface area contributed by atoms with Crippen LogP contribution in [0.3, 0.4) is 0 Å². The highest BCUT2D eigenvalue weighted by molar-refractivity contribution is 5.67. The Kier molecular flexibility index (Phi) is 2.46. The molecule has 2 aliphatic rings. The molecular weight excluding hydrogens is 194 g/mol. The lowest BCUT2D eigenvalue weighted by Crippen LogP contribution is -2.46. The zero-order valence-corrected chi connectivity index (χ0v) is 9.14. The SMILES string of the molecule is CC1(C)OC[C@H](/C=C/C2CC2)N1C(=O)O. The Bertz CT molecular complexity index is 294. The van der Waals surface area contributed by atoms with Crippen molar-refractivity contribution in [2.24, 2.45) is 5.92 Å². The second-order valence-corrected chi connectivity index (χ2v) is 4.70. The predicted octanol–water partition coefficient (Wildman–Crippen LogP) is 2.07. The van der Waals surface area contributed by atoms with Crippen LogP contribution in [0.25, 0.3) is 0 Å². The molecule has 1 heterocycles. The van der Waals surface area contributed by atoms with Crippen molar-refractivity contribution in [2.75, 3.05) is 6.61 Å². The summed E-state index contributed by atoms with van der Waals surface area (Å²) >= 11 is 0. The van der Waals surface area contributed by atoms with Gasteiger partial charge in [0, 0.05) is 0 Å². The van der Waals surface area contributed by atoms with Crippen LogP contribution in [0, 0.1) is 5.92 Å². The lowest BCUT2D eigenvalue weighted by molar-refractivity contribution is -0.0409. The summed E-state index contributed by atoms with van der Waals surface area (Å²) in [7, 11) is 0. The van der Waals surface area contributed by atoms with E-state index in [0.29, 0.717) is 12.5 Å². The number of hydrogen-bond acceptors (Lipinski definition) is 2. The van der Waals surface area contributed by atoms with E-state index in [9.17, 15) is 4.79 Å². The van der Waals surface area contributed by atoms with Gasteiger partial charge < -0.3 is 9.84 Å². The Morgan fingerprint density at radius 1 is 1.47 bits per heavy atom. The summed E-state index contributed by atoms with van der Waals surface area (Å²) in [5.74, 6) is 0.671. The monoisotopic (exact) mass is 211 g/mol. The molecule has 0 aromatic rings. The molecule has 0 aromatic heterocycles. The average molecular weight is 211 g/mol. The summed E-state index contributed by atoms with van der Waals surface area (Å²) in [5.41, 5.74) is -0.704. The zero-order chi connectivity index (χ0) is 11.1. The van der Waals surface area contributed by atoms with E-state index < -0.39 is 11.8 Å². The molecular formula is C11H17NO3. The van der Waals surface area contributed by atoms with Gasteiger partial charge >= 0.3 is 6.09 Å². The van der Waals surface area contributed by atoms with E-state index in [1.165, 1.54) is 17.7 Å². The van der Waals surface area contributed by atoms with Gasteiger partial charge in [0.1, 0.15) is 5.72 Å². The fourth-order valence-corrected chi connectivity index (χ4v) is 1.92. The average Bonchev–Trinajstić information content (AvgIpc) is 2.87. The third-order valence-electron chi connectivity index (χ3n) is 2.95. The largest absolute Gasteiger partial charge is 0.465 e. The number of ether oxygens (including phenoxy) is 1. The van der Waals surface area contributed by atoms with Crippen LogP contribution in [0.15, 0.2) is 12.2 Å². The van der Waals surface area contributed by atoms with Crippen molar-refractivity contribution in [2.45, 2.75) is 38.5 Å². The van der Waals surface area contributed by atoms with Crippen LogP contribution in [-0.2, 0) is 4.74 Å². The molecule has 4 nitrogen and oxygen atoms in total. The lowest BCUT2D eigenvalue weighted by atomic mass is 10.2. The van der Waals surface area contributed by atoms with Crippen LogP contribution in [0.5, 0.6) is 0 Å².